The lowest BCUT2D eigenvalue weighted by Crippen LogP contribution is -2.54. The van der Waals surface area contributed by atoms with Gasteiger partial charge in [-0.05, 0) is 46.5 Å². The first-order valence-electron chi connectivity index (χ1n) is 8.35. The molecule has 2 unspecified atom stereocenters. The van der Waals surface area contributed by atoms with Crippen molar-refractivity contribution in [2.24, 2.45) is 5.92 Å². The van der Waals surface area contributed by atoms with Crippen LogP contribution < -0.4 is 5.32 Å². The summed E-state index contributed by atoms with van der Waals surface area (Å²) >= 11 is 0. The number of methoxy groups -OCH3 is 1. The molecule has 0 amide bonds. The molecule has 4 heteroatoms. The number of hydrogen-bond donors (Lipinski definition) is 1. The van der Waals surface area contributed by atoms with Crippen molar-refractivity contribution >= 4 is 5.97 Å². The Hall–Kier alpha value is -0.610. The SMILES string of the molecule is COC(=O)C(C)(CC(C)OCC1CCCCC1)NC(C)C. The molecule has 0 spiro atoms. The Morgan fingerprint density at radius 3 is 2.38 bits per heavy atom. The molecule has 1 aliphatic rings. The van der Waals surface area contributed by atoms with Gasteiger partial charge in [-0.15, -0.1) is 0 Å². The lowest BCUT2D eigenvalue weighted by atomic mass is 9.90. The van der Waals surface area contributed by atoms with Gasteiger partial charge < -0.3 is 9.47 Å². The van der Waals surface area contributed by atoms with E-state index in [0.29, 0.717) is 12.3 Å². The number of carbonyl (C=O) groups excluding carboxylic acids is 1. The van der Waals surface area contributed by atoms with E-state index in [0.717, 1.165) is 6.61 Å². The molecule has 124 valence electrons. The highest BCUT2D eigenvalue weighted by Crippen LogP contribution is 2.25. The summed E-state index contributed by atoms with van der Waals surface area (Å²) in [5.41, 5.74) is -0.686. The molecule has 1 rings (SSSR count). The maximum atomic E-state index is 12.1. The molecule has 0 aliphatic heterocycles. The number of esters is 1. The van der Waals surface area contributed by atoms with Gasteiger partial charge in [0.25, 0.3) is 0 Å². The van der Waals surface area contributed by atoms with E-state index >= 15 is 0 Å². The van der Waals surface area contributed by atoms with Crippen molar-refractivity contribution in [3.63, 3.8) is 0 Å². The minimum atomic E-state index is -0.686. The van der Waals surface area contributed by atoms with E-state index in [1.165, 1.54) is 39.2 Å². The highest BCUT2D eigenvalue weighted by atomic mass is 16.5. The minimum absolute atomic E-state index is 0.0438. The van der Waals surface area contributed by atoms with Crippen molar-refractivity contribution in [2.75, 3.05) is 13.7 Å². The van der Waals surface area contributed by atoms with Gasteiger partial charge in [0.15, 0.2) is 0 Å². The van der Waals surface area contributed by atoms with E-state index < -0.39 is 5.54 Å². The molecular formula is C17H33NO3. The van der Waals surface area contributed by atoms with Crippen LogP contribution in [0.5, 0.6) is 0 Å². The normalized spacial score (nSPS) is 21.0. The van der Waals surface area contributed by atoms with Gasteiger partial charge in [0.1, 0.15) is 5.54 Å². The van der Waals surface area contributed by atoms with Gasteiger partial charge in [-0.3, -0.25) is 10.1 Å². The molecule has 0 heterocycles. The second-order valence-electron chi connectivity index (χ2n) is 6.97. The topological polar surface area (TPSA) is 47.6 Å². The highest BCUT2D eigenvalue weighted by Gasteiger charge is 2.36. The summed E-state index contributed by atoms with van der Waals surface area (Å²) in [7, 11) is 1.44. The molecular weight excluding hydrogens is 266 g/mol. The van der Waals surface area contributed by atoms with E-state index in [2.05, 4.69) is 5.32 Å². The average molecular weight is 299 g/mol. The Morgan fingerprint density at radius 1 is 1.24 bits per heavy atom. The van der Waals surface area contributed by atoms with Crippen molar-refractivity contribution in [2.45, 2.75) is 83.9 Å². The lowest BCUT2D eigenvalue weighted by Gasteiger charge is -2.33. The molecule has 4 nitrogen and oxygen atoms in total. The van der Waals surface area contributed by atoms with Gasteiger partial charge in [0, 0.05) is 19.1 Å². The van der Waals surface area contributed by atoms with Crippen molar-refractivity contribution in [1.29, 1.82) is 0 Å². The second-order valence-corrected chi connectivity index (χ2v) is 6.97. The third kappa shape index (κ3) is 6.35. The Morgan fingerprint density at radius 2 is 1.86 bits per heavy atom. The molecule has 1 saturated carbocycles. The molecule has 0 radical (unpaired) electrons. The number of hydrogen-bond acceptors (Lipinski definition) is 4. The molecule has 1 fully saturated rings. The van der Waals surface area contributed by atoms with Crippen LogP contribution in [-0.2, 0) is 14.3 Å². The summed E-state index contributed by atoms with van der Waals surface area (Å²) in [5.74, 6) is 0.480. The molecule has 0 saturated heterocycles. The fourth-order valence-electron chi connectivity index (χ4n) is 3.35. The van der Waals surface area contributed by atoms with Crippen LogP contribution in [0.3, 0.4) is 0 Å². The van der Waals surface area contributed by atoms with Gasteiger partial charge >= 0.3 is 5.97 Å². The van der Waals surface area contributed by atoms with Crippen molar-refractivity contribution in [1.82, 2.24) is 5.32 Å². The zero-order valence-corrected chi connectivity index (χ0v) is 14.4. The molecule has 0 aromatic carbocycles. The Balaban J connectivity index is 2.47. The highest BCUT2D eigenvalue weighted by molar-refractivity contribution is 5.80. The monoisotopic (exact) mass is 299 g/mol. The number of nitrogens with one attached hydrogen (secondary N) is 1. The van der Waals surface area contributed by atoms with E-state index in [9.17, 15) is 4.79 Å². The summed E-state index contributed by atoms with van der Waals surface area (Å²) in [6, 6.07) is 0.222. The van der Waals surface area contributed by atoms with E-state index in [4.69, 9.17) is 9.47 Å². The minimum Gasteiger partial charge on any atom is -0.468 e. The van der Waals surface area contributed by atoms with Crippen molar-refractivity contribution < 1.29 is 14.3 Å². The van der Waals surface area contributed by atoms with Gasteiger partial charge in [0.2, 0.25) is 0 Å². The van der Waals surface area contributed by atoms with Crippen molar-refractivity contribution in [3.05, 3.63) is 0 Å². The Labute approximate surface area is 130 Å². The Kier molecular flexibility index (Phi) is 7.67. The number of carbonyl (C=O) groups is 1. The quantitative estimate of drug-likeness (QED) is 0.699. The predicted octanol–water partition coefficient (Wildman–Crippen LogP) is 3.29. The number of ether oxygens (including phenoxy) is 2. The van der Waals surface area contributed by atoms with Crippen LogP contribution in [-0.4, -0.2) is 37.4 Å². The van der Waals surface area contributed by atoms with E-state index in [-0.39, 0.29) is 18.1 Å². The van der Waals surface area contributed by atoms with Crippen LogP contribution in [0.2, 0.25) is 0 Å². The van der Waals surface area contributed by atoms with E-state index in [1.807, 2.05) is 27.7 Å². The zero-order chi connectivity index (χ0) is 15.9. The van der Waals surface area contributed by atoms with Crippen molar-refractivity contribution in [3.8, 4) is 0 Å². The molecule has 1 aliphatic carbocycles. The first-order chi connectivity index (χ1) is 9.87. The van der Waals surface area contributed by atoms with Crippen LogP contribution in [0.15, 0.2) is 0 Å². The summed E-state index contributed by atoms with van der Waals surface area (Å²) in [6.07, 6.45) is 7.27. The third-order valence-electron chi connectivity index (χ3n) is 4.28. The third-order valence-corrected chi connectivity index (χ3v) is 4.28. The summed E-state index contributed by atoms with van der Waals surface area (Å²) < 4.78 is 11.0. The Bertz CT molecular complexity index is 313. The fourth-order valence-corrected chi connectivity index (χ4v) is 3.35. The molecule has 0 aromatic heterocycles. The van der Waals surface area contributed by atoms with Gasteiger partial charge in [-0.2, -0.15) is 0 Å². The smallest absolute Gasteiger partial charge is 0.325 e. The van der Waals surface area contributed by atoms with Gasteiger partial charge in [0.05, 0.1) is 13.2 Å². The molecule has 0 bridgehead atoms. The summed E-state index contributed by atoms with van der Waals surface area (Å²) in [5, 5.41) is 3.32. The van der Waals surface area contributed by atoms with Crippen LogP contribution in [0.25, 0.3) is 0 Å². The van der Waals surface area contributed by atoms with Gasteiger partial charge in [-0.1, -0.05) is 19.3 Å². The van der Waals surface area contributed by atoms with Crippen LogP contribution >= 0.6 is 0 Å². The summed E-state index contributed by atoms with van der Waals surface area (Å²) in [6.45, 7) is 8.84. The molecule has 0 aromatic rings. The predicted molar refractivity (Wildman–Crippen MR) is 85.3 cm³/mol. The van der Waals surface area contributed by atoms with E-state index in [1.54, 1.807) is 0 Å². The second kappa shape index (κ2) is 8.74. The first-order valence-corrected chi connectivity index (χ1v) is 8.35. The largest absolute Gasteiger partial charge is 0.468 e. The summed E-state index contributed by atoms with van der Waals surface area (Å²) in [4.78, 5) is 12.1. The maximum Gasteiger partial charge on any atom is 0.325 e. The maximum absolute atomic E-state index is 12.1. The van der Waals surface area contributed by atoms with Crippen LogP contribution in [0, 0.1) is 5.92 Å². The molecule has 21 heavy (non-hydrogen) atoms. The van der Waals surface area contributed by atoms with Crippen LogP contribution in [0.1, 0.15) is 66.2 Å². The van der Waals surface area contributed by atoms with Crippen LogP contribution in [0.4, 0.5) is 0 Å². The lowest BCUT2D eigenvalue weighted by molar-refractivity contribution is -0.150. The molecule has 1 N–H and O–H groups in total. The average Bonchev–Trinajstić information content (AvgIpc) is 2.44. The first kappa shape index (κ1) is 18.4. The standard InChI is InChI=1S/C17H33NO3/c1-13(2)18-17(4,16(19)20-5)11-14(3)21-12-15-9-7-6-8-10-15/h13-15,18H,6-12H2,1-5H3. The fraction of sp³-hybridized carbons (Fsp3) is 0.941. The molecule has 2 atom stereocenters. The van der Waals surface area contributed by atoms with Gasteiger partial charge in [-0.25, -0.2) is 0 Å². The zero-order valence-electron chi connectivity index (χ0n) is 14.4. The number of rotatable bonds is 8.